The number of amides is 2. The first-order valence-corrected chi connectivity index (χ1v) is 6.97. The molecule has 2 saturated carbocycles. The van der Waals surface area contributed by atoms with Crippen molar-refractivity contribution in [2.75, 3.05) is 0 Å². The molecule has 5 heteroatoms. The Balaban J connectivity index is 1.63. The van der Waals surface area contributed by atoms with E-state index in [-0.39, 0.29) is 36.4 Å². The number of carbonyl (C=O) groups is 2. The third-order valence-electron chi connectivity index (χ3n) is 4.24. The van der Waals surface area contributed by atoms with Gasteiger partial charge in [-0.2, -0.15) is 0 Å². The standard InChI is InChI=1S/C13H20N2O3/c16-11-4-2-1-3-9(11)14-10-7-12(17)15(13(10)18)8-5-6-8/h8-11,14,16H,1-7H2. The van der Waals surface area contributed by atoms with Crippen LogP contribution in [0, 0.1) is 0 Å². The van der Waals surface area contributed by atoms with Gasteiger partial charge in [0.15, 0.2) is 0 Å². The molecule has 2 N–H and O–H groups in total. The Morgan fingerprint density at radius 1 is 1.11 bits per heavy atom. The lowest BCUT2D eigenvalue weighted by Gasteiger charge is -2.30. The summed E-state index contributed by atoms with van der Waals surface area (Å²) in [6.07, 6.45) is 5.60. The van der Waals surface area contributed by atoms with Gasteiger partial charge in [-0.25, -0.2) is 0 Å². The van der Waals surface area contributed by atoms with Gasteiger partial charge in [-0.1, -0.05) is 12.8 Å². The lowest BCUT2D eigenvalue weighted by Crippen LogP contribution is -2.50. The second-order valence-electron chi connectivity index (χ2n) is 5.71. The van der Waals surface area contributed by atoms with Crippen LogP contribution in [0.4, 0.5) is 0 Å². The van der Waals surface area contributed by atoms with E-state index in [4.69, 9.17) is 0 Å². The average Bonchev–Trinajstić information content (AvgIpc) is 3.11. The number of hydrogen-bond acceptors (Lipinski definition) is 4. The second kappa shape index (κ2) is 4.63. The molecular formula is C13H20N2O3. The normalized spacial score (nSPS) is 37.4. The molecule has 5 nitrogen and oxygen atoms in total. The number of aliphatic hydroxyl groups excluding tert-OH is 1. The zero-order valence-corrected chi connectivity index (χ0v) is 10.5. The molecule has 3 fully saturated rings. The maximum atomic E-state index is 12.1. The quantitative estimate of drug-likeness (QED) is 0.703. The molecule has 1 saturated heterocycles. The summed E-state index contributed by atoms with van der Waals surface area (Å²) in [5.41, 5.74) is 0. The Labute approximate surface area is 107 Å². The Morgan fingerprint density at radius 3 is 2.50 bits per heavy atom. The minimum absolute atomic E-state index is 0.0281. The number of nitrogens with zero attached hydrogens (tertiary/aromatic N) is 1. The van der Waals surface area contributed by atoms with Gasteiger partial charge in [0.05, 0.1) is 18.6 Å². The molecule has 18 heavy (non-hydrogen) atoms. The fourth-order valence-electron chi connectivity index (χ4n) is 3.06. The summed E-state index contributed by atoms with van der Waals surface area (Å²) in [6, 6.07) is -0.274. The molecule has 0 aromatic carbocycles. The minimum Gasteiger partial charge on any atom is -0.392 e. The van der Waals surface area contributed by atoms with E-state index in [1.54, 1.807) is 0 Å². The monoisotopic (exact) mass is 252 g/mol. The van der Waals surface area contributed by atoms with Crippen LogP contribution in [0.1, 0.15) is 44.9 Å². The maximum absolute atomic E-state index is 12.1. The first kappa shape index (κ1) is 12.1. The van der Waals surface area contributed by atoms with Gasteiger partial charge in [0.1, 0.15) is 0 Å². The smallest absolute Gasteiger partial charge is 0.247 e. The van der Waals surface area contributed by atoms with Gasteiger partial charge in [-0.3, -0.25) is 14.5 Å². The molecule has 0 radical (unpaired) electrons. The molecule has 0 aromatic rings. The van der Waals surface area contributed by atoms with Gasteiger partial charge >= 0.3 is 0 Å². The fourth-order valence-corrected chi connectivity index (χ4v) is 3.06. The van der Waals surface area contributed by atoms with E-state index in [1.807, 2.05) is 0 Å². The van der Waals surface area contributed by atoms with Crippen LogP contribution in [-0.2, 0) is 9.59 Å². The molecule has 0 bridgehead atoms. The SMILES string of the molecule is O=C1CC(NC2CCCCC2O)C(=O)N1C1CC1. The van der Waals surface area contributed by atoms with Crippen LogP contribution in [0.15, 0.2) is 0 Å². The highest BCUT2D eigenvalue weighted by Gasteiger charge is 2.46. The molecule has 3 rings (SSSR count). The fraction of sp³-hybridized carbons (Fsp3) is 0.846. The molecule has 2 amide bonds. The van der Waals surface area contributed by atoms with Crippen LogP contribution < -0.4 is 5.32 Å². The zero-order chi connectivity index (χ0) is 12.7. The summed E-state index contributed by atoms with van der Waals surface area (Å²) in [6.45, 7) is 0. The molecule has 1 heterocycles. The Morgan fingerprint density at radius 2 is 1.83 bits per heavy atom. The highest BCUT2D eigenvalue weighted by Crippen LogP contribution is 2.32. The Hall–Kier alpha value is -0.940. The van der Waals surface area contributed by atoms with Crippen molar-refractivity contribution < 1.29 is 14.7 Å². The number of aliphatic hydroxyl groups is 1. The van der Waals surface area contributed by atoms with Crippen LogP contribution in [0.2, 0.25) is 0 Å². The van der Waals surface area contributed by atoms with Crippen LogP contribution >= 0.6 is 0 Å². The molecule has 3 atom stereocenters. The van der Waals surface area contributed by atoms with E-state index >= 15 is 0 Å². The predicted octanol–water partition coefficient (Wildman–Crippen LogP) is 0.169. The molecular weight excluding hydrogens is 232 g/mol. The number of imide groups is 1. The van der Waals surface area contributed by atoms with Gasteiger partial charge < -0.3 is 10.4 Å². The number of rotatable bonds is 3. The highest BCUT2D eigenvalue weighted by molar-refractivity contribution is 6.06. The van der Waals surface area contributed by atoms with Gasteiger partial charge in [0.25, 0.3) is 0 Å². The summed E-state index contributed by atoms with van der Waals surface area (Å²) in [5, 5.41) is 13.1. The van der Waals surface area contributed by atoms with E-state index in [1.165, 1.54) is 4.90 Å². The number of hydrogen-bond donors (Lipinski definition) is 2. The van der Waals surface area contributed by atoms with Gasteiger partial charge in [-0.05, 0) is 25.7 Å². The molecule has 2 aliphatic carbocycles. The lowest BCUT2D eigenvalue weighted by atomic mass is 9.92. The number of likely N-dealkylation sites (tertiary alicyclic amines) is 1. The van der Waals surface area contributed by atoms with Crippen LogP contribution in [0.3, 0.4) is 0 Å². The van der Waals surface area contributed by atoms with E-state index in [2.05, 4.69) is 5.32 Å². The van der Waals surface area contributed by atoms with E-state index in [0.717, 1.165) is 38.5 Å². The van der Waals surface area contributed by atoms with Crippen LogP contribution in [0.25, 0.3) is 0 Å². The molecule has 0 aromatic heterocycles. The van der Waals surface area contributed by atoms with Crippen molar-refractivity contribution in [3.05, 3.63) is 0 Å². The maximum Gasteiger partial charge on any atom is 0.247 e. The Bertz CT molecular complexity index is 367. The molecule has 100 valence electrons. The summed E-state index contributed by atoms with van der Waals surface area (Å²) in [7, 11) is 0. The molecule has 3 unspecified atom stereocenters. The minimum atomic E-state index is -0.407. The second-order valence-corrected chi connectivity index (χ2v) is 5.71. The summed E-state index contributed by atoms with van der Waals surface area (Å²) >= 11 is 0. The molecule has 1 aliphatic heterocycles. The summed E-state index contributed by atoms with van der Waals surface area (Å²) < 4.78 is 0. The van der Waals surface area contributed by atoms with Crippen molar-refractivity contribution in [3.8, 4) is 0 Å². The van der Waals surface area contributed by atoms with Gasteiger partial charge in [0.2, 0.25) is 11.8 Å². The predicted molar refractivity (Wildman–Crippen MR) is 64.7 cm³/mol. The van der Waals surface area contributed by atoms with Crippen molar-refractivity contribution in [1.29, 1.82) is 0 Å². The van der Waals surface area contributed by atoms with E-state index < -0.39 is 6.04 Å². The van der Waals surface area contributed by atoms with Crippen molar-refractivity contribution in [1.82, 2.24) is 10.2 Å². The van der Waals surface area contributed by atoms with E-state index in [0.29, 0.717) is 0 Å². The molecule has 0 spiro atoms. The third kappa shape index (κ3) is 2.17. The lowest BCUT2D eigenvalue weighted by molar-refractivity contribution is -0.139. The summed E-state index contributed by atoms with van der Waals surface area (Å²) in [5.74, 6) is -0.134. The zero-order valence-electron chi connectivity index (χ0n) is 10.5. The van der Waals surface area contributed by atoms with Crippen molar-refractivity contribution in [3.63, 3.8) is 0 Å². The highest BCUT2D eigenvalue weighted by atomic mass is 16.3. The topological polar surface area (TPSA) is 69.6 Å². The summed E-state index contributed by atoms with van der Waals surface area (Å²) in [4.78, 5) is 25.4. The van der Waals surface area contributed by atoms with Crippen molar-refractivity contribution in [2.24, 2.45) is 0 Å². The van der Waals surface area contributed by atoms with Gasteiger partial charge in [-0.15, -0.1) is 0 Å². The number of carbonyl (C=O) groups excluding carboxylic acids is 2. The van der Waals surface area contributed by atoms with Crippen molar-refractivity contribution in [2.45, 2.75) is 69.2 Å². The molecule has 3 aliphatic rings. The average molecular weight is 252 g/mol. The number of nitrogens with one attached hydrogen (secondary N) is 1. The van der Waals surface area contributed by atoms with E-state index in [9.17, 15) is 14.7 Å². The Kier molecular flexibility index (Phi) is 3.11. The van der Waals surface area contributed by atoms with Crippen LogP contribution in [-0.4, -0.2) is 46.1 Å². The first-order valence-electron chi connectivity index (χ1n) is 6.97. The van der Waals surface area contributed by atoms with Crippen molar-refractivity contribution >= 4 is 11.8 Å². The van der Waals surface area contributed by atoms with Crippen LogP contribution in [0.5, 0.6) is 0 Å². The largest absolute Gasteiger partial charge is 0.392 e. The third-order valence-corrected chi connectivity index (χ3v) is 4.24. The van der Waals surface area contributed by atoms with Gasteiger partial charge in [0, 0.05) is 12.1 Å². The first-order chi connectivity index (χ1) is 8.66.